The van der Waals surface area contributed by atoms with Crippen molar-refractivity contribution in [2.75, 3.05) is 0 Å². The minimum Gasteiger partial charge on any atom is -0.361 e. The summed E-state index contributed by atoms with van der Waals surface area (Å²) in [6, 6.07) is 3.16. The second kappa shape index (κ2) is 4.96. The first-order valence-electron chi connectivity index (χ1n) is 6.85. The number of nitrogens with zero attached hydrogens (tertiary/aromatic N) is 1. The van der Waals surface area contributed by atoms with E-state index in [-0.39, 0.29) is 5.91 Å². The Hall–Kier alpha value is -2.66. The molecule has 5 N–H and O–H groups in total. The number of aromatic amines is 1. The first-order valence-corrected chi connectivity index (χ1v) is 6.85. The maximum Gasteiger partial charge on any atom is 0.273 e. The van der Waals surface area contributed by atoms with E-state index >= 15 is 0 Å². The maximum absolute atomic E-state index is 12.6. The van der Waals surface area contributed by atoms with Gasteiger partial charge in [-0.15, -0.1) is 0 Å². The topological polar surface area (TPSA) is 105 Å². The zero-order valence-electron chi connectivity index (χ0n) is 12.3. The fourth-order valence-corrected chi connectivity index (χ4v) is 2.89. The average Bonchev–Trinajstić information content (AvgIpc) is 3.12. The van der Waals surface area contributed by atoms with E-state index in [1.165, 1.54) is 6.08 Å². The number of nitrogens with one attached hydrogen (secondary N) is 1. The quantitative estimate of drug-likeness (QED) is 0.308. The van der Waals surface area contributed by atoms with Crippen molar-refractivity contribution in [1.82, 2.24) is 9.99 Å². The first kappa shape index (κ1) is 14.3. The van der Waals surface area contributed by atoms with Gasteiger partial charge in [0.15, 0.2) is 0 Å². The van der Waals surface area contributed by atoms with Crippen LogP contribution in [0.25, 0.3) is 5.57 Å². The lowest BCUT2D eigenvalue weighted by molar-refractivity contribution is -0.123. The van der Waals surface area contributed by atoms with Gasteiger partial charge in [-0.05, 0) is 43.2 Å². The zero-order valence-corrected chi connectivity index (χ0v) is 12.3. The summed E-state index contributed by atoms with van der Waals surface area (Å²) in [7, 11) is 0. The van der Waals surface area contributed by atoms with Gasteiger partial charge in [-0.2, -0.15) is 0 Å². The fraction of sp³-hybridized carbons (Fsp3) is 0.188. The molecule has 2 heterocycles. The van der Waals surface area contributed by atoms with Crippen LogP contribution in [-0.4, -0.2) is 27.9 Å². The van der Waals surface area contributed by atoms with Gasteiger partial charge in [0.25, 0.3) is 5.91 Å². The van der Waals surface area contributed by atoms with Gasteiger partial charge in [0.2, 0.25) is 0 Å². The monoisotopic (exact) mass is 296 g/mol. The molecule has 1 fully saturated rings. The molecule has 1 atom stereocenters. The third-order valence-corrected chi connectivity index (χ3v) is 4.18. The van der Waals surface area contributed by atoms with Crippen LogP contribution < -0.4 is 11.6 Å². The predicted octanol–water partition coefficient (Wildman–Crippen LogP) is 0.803. The number of carbonyl (C=O) groups is 1. The van der Waals surface area contributed by atoms with E-state index < -0.39 is 6.04 Å². The number of H-pyrrole nitrogens is 1. The standard InChI is InChI=1S/C16H16N4O2/c1-8(11-4-3-5-19-11)14-13-9(2)15(17)10(7-21)6-12(13)20(18)16(14)22/h3-6,15,19H,17-18H2,1-2H3. The van der Waals surface area contributed by atoms with E-state index in [0.717, 1.165) is 21.8 Å². The molecule has 3 rings (SSSR count). The molecule has 0 saturated carbocycles. The molecule has 0 aromatic carbocycles. The van der Waals surface area contributed by atoms with Crippen molar-refractivity contribution in [3.63, 3.8) is 0 Å². The Morgan fingerprint density at radius 2 is 2.18 bits per heavy atom. The number of rotatable bonds is 1. The Kier molecular flexibility index (Phi) is 3.22. The maximum atomic E-state index is 12.6. The Morgan fingerprint density at radius 3 is 2.77 bits per heavy atom. The van der Waals surface area contributed by atoms with Crippen LogP contribution in [-0.2, 0) is 9.59 Å². The zero-order chi connectivity index (χ0) is 16.0. The number of hydrogen-bond donors (Lipinski definition) is 3. The van der Waals surface area contributed by atoms with Gasteiger partial charge in [0.05, 0.1) is 22.9 Å². The van der Waals surface area contributed by atoms with Crippen LogP contribution in [0.5, 0.6) is 0 Å². The number of hydrazine groups is 1. The molecule has 1 aromatic rings. The molecule has 1 saturated heterocycles. The van der Waals surface area contributed by atoms with Gasteiger partial charge >= 0.3 is 0 Å². The van der Waals surface area contributed by atoms with Crippen LogP contribution in [0.4, 0.5) is 0 Å². The van der Waals surface area contributed by atoms with Crippen LogP contribution in [0.3, 0.4) is 0 Å². The van der Waals surface area contributed by atoms with Crippen LogP contribution >= 0.6 is 0 Å². The number of allylic oxidation sites excluding steroid dienone is 2. The molecule has 1 aliphatic carbocycles. The highest BCUT2D eigenvalue weighted by Crippen LogP contribution is 2.41. The second-order valence-electron chi connectivity index (χ2n) is 5.38. The molecule has 0 spiro atoms. The van der Waals surface area contributed by atoms with Gasteiger partial charge in [-0.1, -0.05) is 0 Å². The highest BCUT2D eigenvalue weighted by atomic mass is 16.2. The fourth-order valence-electron chi connectivity index (χ4n) is 2.89. The van der Waals surface area contributed by atoms with E-state index in [4.69, 9.17) is 11.6 Å². The normalized spacial score (nSPS) is 23.5. The molecule has 22 heavy (non-hydrogen) atoms. The summed E-state index contributed by atoms with van der Waals surface area (Å²) in [6.07, 6.45) is 3.32. The third kappa shape index (κ3) is 1.83. The molecule has 1 unspecified atom stereocenters. The Bertz CT molecular complexity index is 805. The van der Waals surface area contributed by atoms with Gasteiger partial charge in [0, 0.05) is 17.5 Å². The Balaban J connectivity index is 2.29. The molecule has 1 amide bonds. The minimum atomic E-state index is -0.581. The van der Waals surface area contributed by atoms with E-state index in [1.807, 2.05) is 25.0 Å². The molecule has 1 aliphatic heterocycles. The number of hydrogen-bond acceptors (Lipinski definition) is 4. The molecule has 112 valence electrons. The summed E-state index contributed by atoms with van der Waals surface area (Å²) in [5, 5.41) is 1.06. The minimum absolute atomic E-state index is 0.290. The van der Waals surface area contributed by atoms with Crippen molar-refractivity contribution in [3.8, 4) is 0 Å². The van der Waals surface area contributed by atoms with Crippen molar-refractivity contribution in [1.29, 1.82) is 0 Å². The number of fused-ring (bicyclic) bond motifs is 1. The van der Waals surface area contributed by atoms with Crippen molar-refractivity contribution < 1.29 is 9.59 Å². The van der Waals surface area contributed by atoms with Crippen LogP contribution in [0.1, 0.15) is 19.5 Å². The predicted molar refractivity (Wildman–Crippen MR) is 82.4 cm³/mol. The lowest BCUT2D eigenvalue weighted by atomic mass is 9.85. The lowest BCUT2D eigenvalue weighted by Crippen LogP contribution is -2.33. The summed E-state index contributed by atoms with van der Waals surface area (Å²) in [4.78, 5) is 26.7. The van der Waals surface area contributed by atoms with Gasteiger partial charge in [-0.3, -0.25) is 4.79 Å². The van der Waals surface area contributed by atoms with Gasteiger partial charge < -0.3 is 10.7 Å². The van der Waals surface area contributed by atoms with Gasteiger partial charge in [0.1, 0.15) is 5.94 Å². The lowest BCUT2D eigenvalue weighted by Gasteiger charge is -2.22. The van der Waals surface area contributed by atoms with Crippen molar-refractivity contribution in [2.24, 2.45) is 11.6 Å². The Morgan fingerprint density at radius 1 is 1.45 bits per heavy atom. The molecule has 6 nitrogen and oxygen atoms in total. The highest BCUT2D eigenvalue weighted by Gasteiger charge is 2.40. The first-order chi connectivity index (χ1) is 10.5. The Labute approximate surface area is 127 Å². The average molecular weight is 296 g/mol. The van der Waals surface area contributed by atoms with Crippen LogP contribution in [0.15, 0.2) is 52.4 Å². The van der Waals surface area contributed by atoms with E-state index in [9.17, 15) is 9.59 Å². The molecule has 0 bridgehead atoms. The summed E-state index contributed by atoms with van der Waals surface area (Å²) in [6.45, 7) is 3.66. The summed E-state index contributed by atoms with van der Waals surface area (Å²) >= 11 is 0. The van der Waals surface area contributed by atoms with Crippen molar-refractivity contribution in [3.05, 3.63) is 58.1 Å². The number of aromatic nitrogens is 1. The SMILES string of the molecule is CC(=C1C(=O)N(N)C2=CC(=C=O)C(N)C(C)=C21)c1ccc[nH]1. The summed E-state index contributed by atoms with van der Waals surface area (Å²) in [5.74, 6) is 7.40. The molecular weight excluding hydrogens is 280 g/mol. The van der Waals surface area contributed by atoms with E-state index in [1.54, 1.807) is 13.1 Å². The smallest absolute Gasteiger partial charge is 0.273 e. The van der Waals surface area contributed by atoms with Crippen molar-refractivity contribution >= 4 is 17.4 Å². The van der Waals surface area contributed by atoms with E-state index in [0.29, 0.717) is 22.4 Å². The third-order valence-electron chi connectivity index (χ3n) is 4.18. The van der Waals surface area contributed by atoms with Crippen LogP contribution in [0, 0.1) is 0 Å². The highest BCUT2D eigenvalue weighted by molar-refractivity contribution is 6.11. The number of amides is 1. The largest absolute Gasteiger partial charge is 0.361 e. The molecule has 6 heteroatoms. The second-order valence-corrected chi connectivity index (χ2v) is 5.38. The number of nitrogens with two attached hydrogens (primary N) is 2. The van der Waals surface area contributed by atoms with Gasteiger partial charge in [-0.25, -0.2) is 15.6 Å². The van der Waals surface area contributed by atoms with Crippen LogP contribution in [0.2, 0.25) is 0 Å². The molecular formula is C16H16N4O2. The van der Waals surface area contributed by atoms with E-state index in [2.05, 4.69) is 4.98 Å². The molecule has 0 radical (unpaired) electrons. The summed E-state index contributed by atoms with van der Waals surface area (Å²) < 4.78 is 0. The molecule has 2 aliphatic rings. The van der Waals surface area contributed by atoms with Crippen molar-refractivity contribution in [2.45, 2.75) is 19.9 Å². The number of carbonyl (C=O) groups excluding carboxylic acids is 2. The molecule has 1 aromatic heterocycles. The summed E-state index contributed by atoms with van der Waals surface area (Å²) in [5.41, 5.74) is 10.4.